The lowest BCUT2D eigenvalue weighted by Crippen LogP contribution is -2.25. The number of carbonyl (C=O) groups excluding carboxylic acids is 1. The normalized spacial score (nSPS) is 14.3. The van der Waals surface area contributed by atoms with E-state index in [1.807, 2.05) is 0 Å². The number of rotatable bonds is 3. The summed E-state index contributed by atoms with van der Waals surface area (Å²) in [6.07, 6.45) is -0.242. The third-order valence-corrected chi connectivity index (χ3v) is 3.56. The van der Waals surface area contributed by atoms with Gasteiger partial charge >= 0.3 is 6.29 Å². The first kappa shape index (κ1) is 15.1. The first-order valence-corrected chi connectivity index (χ1v) is 7.31. The average Bonchev–Trinajstić information content (AvgIpc) is 3.21. The van der Waals surface area contributed by atoms with Crippen LogP contribution in [0.1, 0.15) is 10.4 Å². The van der Waals surface area contributed by atoms with Crippen LogP contribution in [0.3, 0.4) is 0 Å². The third kappa shape index (κ3) is 3.01. The van der Waals surface area contributed by atoms with Crippen LogP contribution in [0.15, 0.2) is 60.9 Å². The third-order valence-electron chi connectivity index (χ3n) is 3.56. The molecule has 0 unspecified atom stereocenters. The highest BCUT2D eigenvalue weighted by Gasteiger charge is 2.43. The Bertz CT molecular complexity index is 925. The molecule has 1 aromatic heterocycles. The maximum Gasteiger partial charge on any atom is 0.586 e. The van der Waals surface area contributed by atoms with Gasteiger partial charge in [0.1, 0.15) is 0 Å². The first-order chi connectivity index (χ1) is 12.0. The van der Waals surface area contributed by atoms with Gasteiger partial charge in [0, 0.05) is 29.7 Å². The van der Waals surface area contributed by atoms with Gasteiger partial charge in [-0.15, -0.1) is 8.78 Å². The molecule has 0 atom stereocenters. The van der Waals surface area contributed by atoms with E-state index in [9.17, 15) is 13.6 Å². The number of ether oxygens (including phenoxy) is 2. The van der Waals surface area contributed by atoms with Crippen molar-refractivity contribution in [3.63, 3.8) is 0 Å². The van der Waals surface area contributed by atoms with Crippen molar-refractivity contribution in [1.82, 2.24) is 9.78 Å². The SMILES string of the molecule is O=C(Nc1ccc2c(c1)OC(F)(F)O2)c1ccc(-n2cccn2)cc1. The summed E-state index contributed by atoms with van der Waals surface area (Å²) in [6, 6.07) is 12.6. The standard InChI is InChI=1S/C17H11F2N3O3/c18-17(19)24-14-7-4-12(10-15(14)25-17)21-16(23)11-2-5-13(6-3-11)22-9-1-8-20-22/h1-10H,(H,21,23). The average molecular weight is 343 g/mol. The van der Waals surface area contributed by atoms with Crippen LogP contribution in [0.25, 0.3) is 5.69 Å². The van der Waals surface area contributed by atoms with Crippen LogP contribution in [-0.2, 0) is 0 Å². The number of amides is 1. The van der Waals surface area contributed by atoms with Crippen molar-refractivity contribution in [3.8, 4) is 17.2 Å². The summed E-state index contributed by atoms with van der Waals surface area (Å²) in [4.78, 5) is 12.3. The van der Waals surface area contributed by atoms with E-state index in [1.54, 1.807) is 47.4 Å². The number of halogens is 2. The molecule has 4 rings (SSSR count). The van der Waals surface area contributed by atoms with Crippen LogP contribution in [0.5, 0.6) is 11.5 Å². The summed E-state index contributed by atoms with van der Waals surface area (Å²) in [5.74, 6) is -0.582. The van der Waals surface area contributed by atoms with E-state index in [2.05, 4.69) is 19.9 Å². The molecule has 25 heavy (non-hydrogen) atoms. The van der Waals surface area contributed by atoms with Crippen molar-refractivity contribution in [2.75, 3.05) is 5.32 Å². The van der Waals surface area contributed by atoms with Gasteiger partial charge in [0.15, 0.2) is 11.5 Å². The van der Waals surface area contributed by atoms with Gasteiger partial charge < -0.3 is 14.8 Å². The summed E-state index contributed by atoms with van der Waals surface area (Å²) in [7, 11) is 0. The van der Waals surface area contributed by atoms with E-state index >= 15 is 0 Å². The number of anilines is 1. The van der Waals surface area contributed by atoms with Gasteiger partial charge in [-0.05, 0) is 42.5 Å². The number of nitrogens with one attached hydrogen (secondary N) is 1. The van der Waals surface area contributed by atoms with E-state index in [0.717, 1.165) is 5.69 Å². The molecule has 126 valence electrons. The summed E-state index contributed by atoms with van der Waals surface area (Å²) >= 11 is 0. The number of alkyl halides is 2. The minimum Gasteiger partial charge on any atom is -0.395 e. The van der Waals surface area contributed by atoms with Gasteiger partial charge in [-0.25, -0.2) is 4.68 Å². The molecule has 0 saturated heterocycles. The molecule has 1 aliphatic heterocycles. The second kappa shape index (κ2) is 5.59. The molecule has 1 aliphatic rings. The van der Waals surface area contributed by atoms with E-state index in [-0.39, 0.29) is 17.4 Å². The zero-order valence-corrected chi connectivity index (χ0v) is 12.6. The molecule has 0 fully saturated rings. The van der Waals surface area contributed by atoms with Crippen LogP contribution in [-0.4, -0.2) is 22.0 Å². The second-order valence-corrected chi connectivity index (χ2v) is 5.28. The Hall–Kier alpha value is -3.42. The van der Waals surface area contributed by atoms with Crippen molar-refractivity contribution in [2.24, 2.45) is 0 Å². The number of hydrogen-bond donors (Lipinski definition) is 1. The van der Waals surface area contributed by atoms with Crippen molar-refractivity contribution >= 4 is 11.6 Å². The van der Waals surface area contributed by atoms with Crippen LogP contribution < -0.4 is 14.8 Å². The molecule has 6 nitrogen and oxygen atoms in total. The summed E-state index contributed by atoms with van der Waals surface area (Å²) in [5, 5.41) is 6.73. The molecule has 0 saturated carbocycles. The van der Waals surface area contributed by atoms with Gasteiger partial charge in [-0.2, -0.15) is 5.10 Å². The summed E-state index contributed by atoms with van der Waals surface area (Å²) in [5.41, 5.74) is 1.55. The van der Waals surface area contributed by atoms with E-state index in [4.69, 9.17) is 0 Å². The Morgan fingerprint density at radius 2 is 1.84 bits per heavy atom. The fraction of sp³-hybridized carbons (Fsp3) is 0.0588. The Labute approximate surface area is 140 Å². The number of fused-ring (bicyclic) bond motifs is 1. The van der Waals surface area contributed by atoms with Crippen LogP contribution in [0.4, 0.5) is 14.5 Å². The van der Waals surface area contributed by atoms with Crippen LogP contribution in [0.2, 0.25) is 0 Å². The van der Waals surface area contributed by atoms with Crippen LogP contribution >= 0.6 is 0 Å². The minimum absolute atomic E-state index is 0.0772. The molecule has 1 amide bonds. The molecule has 0 aliphatic carbocycles. The predicted molar refractivity (Wildman–Crippen MR) is 84.2 cm³/mol. The summed E-state index contributed by atoms with van der Waals surface area (Å²) in [6.45, 7) is 0. The first-order valence-electron chi connectivity index (χ1n) is 7.31. The Balaban J connectivity index is 1.49. The zero-order chi connectivity index (χ0) is 17.4. The maximum absolute atomic E-state index is 13.0. The highest BCUT2D eigenvalue weighted by molar-refractivity contribution is 6.04. The highest BCUT2D eigenvalue weighted by Crippen LogP contribution is 2.42. The second-order valence-electron chi connectivity index (χ2n) is 5.28. The summed E-state index contributed by atoms with van der Waals surface area (Å²) < 4.78 is 36.4. The fourth-order valence-electron chi connectivity index (χ4n) is 2.42. The molecule has 0 spiro atoms. The number of hydrogen-bond acceptors (Lipinski definition) is 4. The van der Waals surface area contributed by atoms with E-state index in [1.165, 1.54) is 18.2 Å². The topological polar surface area (TPSA) is 65.4 Å². The Kier molecular flexibility index (Phi) is 3.38. The monoisotopic (exact) mass is 343 g/mol. The smallest absolute Gasteiger partial charge is 0.395 e. The minimum atomic E-state index is -3.69. The van der Waals surface area contributed by atoms with Gasteiger partial charge in [0.2, 0.25) is 0 Å². The maximum atomic E-state index is 13.0. The lowest BCUT2D eigenvalue weighted by atomic mass is 10.2. The molecule has 1 N–H and O–H groups in total. The van der Waals surface area contributed by atoms with Crippen molar-refractivity contribution < 1.29 is 23.0 Å². The van der Waals surface area contributed by atoms with Crippen molar-refractivity contribution in [1.29, 1.82) is 0 Å². The van der Waals surface area contributed by atoms with Crippen LogP contribution in [0, 0.1) is 0 Å². The largest absolute Gasteiger partial charge is 0.586 e. The molecular formula is C17H11F2N3O3. The number of aromatic nitrogens is 2. The molecule has 2 heterocycles. The fourth-order valence-corrected chi connectivity index (χ4v) is 2.42. The highest BCUT2D eigenvalue weighted by atomic mass is 19.3. The molecule has 0 radical (unpaired) electrons. The predicted octanol–water partition coefficient (Wildman–Crippen LogP) is 3.45. The molecule has 2 aromatic carbocycles. The number of benzene rings is 2. The van der Waals surface area contributed by atoms with Gasteiger partial charge in [-0.1, -0.05) is 0 Å². The molecule has 0 bridgehead atoms. The zero-order valence-electron chi connectivity index (χ0n) is 12.6. The van der Waals surface area contributed by atoms with Gasteiger partial charge in [0.05, 0.1) is 5.69 Å². The number of nitrogens with zero attached hydrogens (tertiary/aromatic N) is 2. The quantitative estimate of drug-likeness (QED) is 0.791. The van der Waals surface area contributed by atoms with Crippen molar-refractivity contribution in [3.05, 3.63) is 66.5 Å². The Morgan fingerprint density at radius 1 is 1.08 bits per heavy atom. The van der Waals surface area contributed by atoms with Gasteiger partial charge in [0.25, 0.3) is 5.91 Å². The number of carbonyl (C=O) groups is 1. The van der Waals surface area contributed by atoms with Crippen molar-refractivity contribution in [2.45, 2.75) is 6.29 Å². The lowest BCUT2D eigenvalue weighted by molar-refractivity contribution is -0.286. The Morgan fingerprint density at radius 3 is 2.56 bits per heavy atom. The van der Waals surface area contributed by atoms with E-state index in [0.29, 0.717) is 11.3 Å². The van der Waals surface area contributed by atoms with Gasteiger partial charge in [-0.3, -0.25) is 4.79 Å². The molecule has 3 aromatic rings. The van der Waals surface area contributed by atoms with E-state index < -0.39 is 6.29 Å². The lowest BCUT2D eigenvalue weighted by Gasteiger charge is -2.07. The molecule has 8 heteroatoms. The molecular weight excluding hydrogens is 332 g/mol.